The Morgan fingerprint density at radius 3 is 2.30 bits per heavy atom. The molecular formula is C15H20F2N2S. The molecule has 5 heteroatoms. The summed E-state index contributed by atoms with van der Waals surface area (Å²) < 4.78 is 28.2. The molecular weight excluding hydrogens is 278 g/mol. The molecule has 1 fully saturated rings. The quantitative estimate of drug-likeness (QED) is 0.861. The molecule has 0 heterocycles. The Morgan fingerprint density at radius 2 is 1.80 bits per heavy atom. The van der Waals surface area contributed by atoms with E-state index in [1.807, 2.05) is 0 Å². The van der Waals surface area contributed by atoms with E-state index in [1.54, 1.807) is 11.9 Å². The second kappa shape index (κ2) is 6.48. The van der Waals surface area contributed by atoms with Gasteiger partial charge in [-0.05, 0) is 30.9 Å². The molecule has 0 aromatic heterocycles. The van der Waals surface area contributed by atoms with Crippen LogP contribution in [0.4, 0.5) is 14.5 Å². The molecule has 2 nitrogen and oxygen atoms in total. The molecule has 1 aromatic rings. The zero-order valence-corrected chi connectivity index (χ0v) is 12.5. The lowest BCUT2D eigenvalue weighted by Crippen LogP contribution is -2.28. The molecule has 2 N–H and O–H groups in total. The molecule has 0 unspecified atom stereocenters. The van der Waals surface area contributed by atoms with Gasteiger partial charge in [-0.25, -0.2) is 8.78 Å². The molecule has 110 valence electrons. The lowest BCUT2D eigenvalue weighted by atomic mass is 9.89. The third kappa shape index (κ3) is 3.45. The van der Waals surface area contributed by atoms with Crippen LogP contribution in [0, 0.1) is 17.6 Å². The minimum absolute atomic E-state index is 0.00397. The average Bonchev–Trinajstić information content (AvgIpc) is 2.38. The first-order chi connectivity index (χ1) is 9.49. The van der Waals surface area contributed by atoms with Crippen molar-refractivity contribution in [3.05, 3.63) is 29.3 Å². The summed E-state index contributed by atoms with van der Waals surface area (Å²) in [6, 6.07) is 2.41. The van der Waals surface area contributed by atoms with Crippen LogP contribution in [0.5, 0.6) is 0 Å². The van der Waals surface area contributed by atoms with Crippen LogP contribution in [0.1, 0.15) is 37.7 Å². The van der Waals surface area contributed by atoms with E-state index < -0.39 is 11.6 Å². The van der Waals surface area contributed by atoms with Gasteiger partial charge in [0.2, 0.25) is 0 Å². The number of hydrogen-bond acceptors (Lipinski definition) is 2. The zero-order valence-electron chi connectivity index (χ0n) is 11.7. The van der Waals surface area contributed by atoms with Gasteiger partial charge >= 0.3 is 0 Å². The van der Waals surface area contributed by atoms with Crippen molar-refractivity contribution in [3.63, 3.8) is 0 Å². The molecule has 0 bridgehead atoms. The summed E-state index contributed by atoms with van der Waals surface area (Å²) in [5, 5.41) is 0. The smallest absolute Gasteiger partial charge is 0.150 e. The third-order valence-electron chi connectivity index (χ3n) is 3.94. The highest BCUT2D eigenvalue weighted by atomic mass is 32.1. The van der Waals surface area contributed by atoms with E-state index in [0.29, 0.717) is 12.5 Å². The van der Waals surface area contributed by atoms with Crippen molar-refractivity contribution in [2.75, 3.05) is 18.5 Å². The van der Waals surface area contributed by atoms with Gasteiger partial charge in [-0.2, -0.15) is 0 Å². The maximum Gasteiger partial charge on any atom is 0.150 e. The lowest BCUT2D eigenvalue weighted by Gasteiger charge is -2.29. The van der Waals surface area contributed by atoms with Gasteiger partial charge in [0.1, 0.15) is 22.3 Å². The van der Waals surface area contributed by atoms with Crippen molar-refractivity contribution in [1.29, 1.82) is 0 Å². The van der Waals surface area contributed by atoms with Gasteiger partial charge in [-0.3, -0.25) is 0 Å². The Hall–Kier alpha value is -1.23. The minimum atomic E-state index is -0.605. The fraction of sp³-hybridized carbons (Fsp3) is 0.533. The largest absolute Gasteiger partial charge is 0.389 e. The number of rotatable bonds is 4. The Kier molecular flexibility index (Phi) is 4.91. The van der Waals surface area contributed by atoms with E-state index in [4.69, 9.17) is 18.0 Å². The lowest BCUT2D eigenvalue weighted by molar-refractivity contribution is 0.360. The van der Waals surface area contributed by atoms with Crippen LogP contribution >= 0.6 is 12.2 Å². The molecule has 0 aliphatic heterocycles. The van der Waals surface area contributed by atoms with Crippen molar-refractivity contribution in [2.24, 2.45) is 11.7 Å². The van der Waals surface area contributed by atoms with Gasteiger partial charge in [-0.1, -0.05) is 31.5 Å². The van der Waals surface area contributed by atoms with Crippen LogP contribution in [0.2, 0.25) is 0 Å². The fourth-order valence-electron chi connectivity index (χ4n) is 2.92. The van der Waals surface area contributed by atoms with Crippen molar-refractivity contribution in [2.45, 2.75) is 32.1 Å². The Balaban J connectivity index is 2.16. The first-order valence-corrected chi connectivity index (χ1v) is 7.40. The van der Waals surface area contributed by atoms with Gasteiger partial charge in [-0.15, -0.1) is 0 Å². The second-order valence-corrected chi connectivity index (χ2v) is 5.98. The average molecular weight is 298 g/mol. The van der Waals surface area contributed by atoms with Gasteiger partial charge in [0, 0.05) is 19.2 Å². The summed E-state index contributed by atoms with van der Waals surface area (Å²) >= 11 is 4.75. The number of thiocarbonyl (C=S) groups is 1. The third-order valence-corrected chi connectivity index (χ3v) is 4.18. The summed E-state index contributed by atoms with van der Waals surface area (Å²) in [6.45, 7) is 0.681. The molecule has 0 spiro atoms. The van der Waals surface area contributed by atoms with Crippen molar-refractivity contribution in [1.82, 2.24) is 0 Å². The topological polar surface area (TPSA) is 29.3 Å². The van der Waals surface area contributed by atoms with E-state index >= 15 is 0 Å². The molecule has 2 rings (SSSR count). The molecule has 0 saturated heterocycles. The maximum absolute atomic E-state index is 14.1. The Bertz CT molecular complexity index is 476. The Morgan fingerprint density at radius 1 is 1.25 bits per heavy atom. The number of benzene rings is 1. The second-order valence-electron chi connectivity index (χ2n) is 5.54. The Labute approximate surface area is 123 Å². The number of anilines is 1. The first-order valence-electron chi connectivity index (χ1n) is 6.99. The molecule has 20 heavy (non-hydrogen) atoms. The van der Waals surface area contributed by atoms with E-state index in [1.165, 1.54) is 31.4 Å². The summed E-state index contributed by atoms with van der Waals surface area (Å²) in [5.74, 6) is -0.694. The summed E-state index contributed by atoms with van der Waals surface area (Å²) in [6.07, 6.45) is 5.97. The monoisotopic (exact) mass is 298 g/mol. The molecule has 1 saturated carbocycles. The van der Waals surface area contributed by atoms with Crippen molar-refractivity contribution < 1.29 is 8.78 Å². The summed E-state index contributed by atoms with van der Waals surface area (Å²) in [7, 11) is 1.73. The zero-order chi connectivity index (χ0) is 14.7. The van der Waals surface area contributed by atoms with Crippen LogP contribution < -0.4 is 10.6 Å². The molecule has 1 aliphatic rings. The van der Waals surface area contributed by atoms with Crippen LogP contribution in [0.25, 0.3) is 0 Å². The normalized spacial score (nSPS) is 16.1. The van der Waals surface area contributed by atoms with E-state index in [9.17, 15) is 8.78 Å². The highest BCUT2D eigenvalue weighted by Gasteiger charge is 2.20. The fourth-order valence-corrected chi connectivity index (χ4v) is 3.04. The molecule has 1 aliphatic carbocycles. The highest BCUT2D eigenvalue weighted by molar-refractivity contribution is 7.80. The predicted molar refractivity (Wildman–Crippen MR) is 82.1 cm³/mol. The SMILES string of the molecule is CN(CC1CCCCC1)c1c(F)cc(C(N)=S)cc1F. The van der Waals surface area contributed by atoms with E-state index in [-0.39, 0.29) is 16.2 Å². The van der Waals surface area contributed by atoms with Crippen LogP contribution in [-0.2, 0) is 0 Å². The van der Waals surface area contributed by atoms with Gasteiger partial charge in [0.05, 0.1) is 0 Å². The van der Waals surface area contributed by atoms with E-state index in [0.717, 1.165) is 12.8 Å². The van der Waals surface area contributed by atoms with Gasteiger partial charge < -0.3 is 10.6 Å². The molecule has 1 aromatic carbocycles. The molecule has 0 radical (unpaired) electrons. The van der Waals surface area contributed by atoms with Crippen LogP contribution in [0.15, 0.2) is 12.1 Å². The molecule has 0 atom stereocenters. The number of nitrogens with two attached hydrogens (primary N) is 1. The van der Waals surface area contributed by atoms with Crippen molar-refractivity contribution >= 4 is 22.9 Å². The highest BCUT2D eigenvalue weighted by Crippen LogP contribution is 2.29. The van der Waals surface area contributed by atoms with Gasteiger partial charge in [0.25, 0.3) is 0 Å². The summed E-state index contributed by atoms with van der Waals surface area (Å²) in [5.41, 5.74) is 5.65. The van der Waals surface area contributed by atoms with E-state index in [2.05, 4.69) is 0 Å². The first kappa shape index (κ1) is 15.2. The van der Waals surface area contributed by atoms with Crippen molar-refractivity contribution in [3.8, 4) is 0 Å². The van der Waals surface area contributed by atoms with Gasteiger partial charge in [0.15, 0.2) is 0 Å². The standard InChI is InChI=1S/C15H20F2N2S/c1-19(9-10-5-3-2-4-6-10)14-12(16)7-11(15(18)20)8-13(14)17/h7-8,10H,2-6,9H2,1H3,(H2,18,20). The number of nitrogens with zero attached hydrogens (tertiary/aromatic N) is 1. The number of hydrogen-bond donors (Lipinski definition) is 1. The molecule has 0 amide bonds. The minimum Gasteiger partial charge on any atom is -0.389 e. The maximum atomic E-state index is 14.1. The van der Waals surface area contributed by atoms with Crippen LogP contribution in [-0.4, -0.2) is 18.6 Å². The predicted octanol–water partition coefficient (Wildman–Crippen LogP) is 3.62. The summed E-state index contributed by atoms with van der Waals surface area (Å²) in [4.78, 5) is 1.67. The van der Waals surface area contributed by atoms with Crippen LogP contribution in [0.3, 0.4) is 0 Å². The number of halogens is 2.